The summed E-state index contributed by atoms with van der Waals surface area (Å²) >= 11 is 0. The molecule has 2 fully saturated rings. The number of carbonyl (C=O) groups excluding carboxylic acids is 1. The fourth-order valence-electron chi connectivity index (χ4n) is 3.90. The Kier molecular flexibility index (Phi) is 5.38. The van der Waals surface area contributed by atoms with Crippen LogP contribution in [0.1, 0.15) is 48.5 Å². The van der Waals surface area contributed by atoms with Crippen LogP contribution < -0.4 is 4.90 Å². The molecule has 0 saturated carbocycles. The third kappa shape index (κ3) is 3.98. The average molecular weight is 369 g/mol. The van der Waals surface area contributed by atoms with E-state index >= 15 is 0 Å². The maximum Gasteiger partial charge on any atom is 0.289 e. The highest BCUT2D eigenvalue weighted by Crippen LogP contribution is 2.26. The Morgan fingerprint density at radius 2 is 1.70 bits per heavy atom. The van der Waals surface area contributed by atoms with Gasteiger partial charge in [-0.05, 0) is 51.1 Å². The van der Waals surface area contributed by atoms with E-state index in [0.717, 1.165) is 37.9 Å². The van der Waals surface area contributed by atoms with Gasteiger partial charge in [0.25, 0.3) is 5.91 Å². The Labute approximate surface area is 160 Å². The number of hydrogen-bond acceptors (Lipinski definition) is 6. The van der Waals surface area contributed by atoms with E-state index < -0.39 is 0 Å². The van der Waals surface area contributed by atoms with Crippen molar-refractivity contribution in [3.05, 3.63) is 42.1 Å². The summed E-state index contributed by atoms with van der Waals surface area (Å²) in [6.45, 7) is 7.13. The van der Waals surface area contributed by atoms with Crippen molar-refractivity contribution in [2.24, 2.45) is 0 Å². The zero-order valence-corrected chi connectivity index (χ0v) is 15.9. The normalized spacial score (nSPS) is 19.9. The Balaban J connectivity index is 1.36. The van der Waals surface area contributed by atoms with E-state index in [9.17, 15) is 4.79 Å². The van der Waals surface area contributed by atoms with Crippen molar-refractivity contribution in [1.29, 1.82) is 0 Å². The van der Waals surface area contributed by atoms with Crippen molar-refractivity contribution in [2.45, 2.75) is 32.2 Å². The number of piperazine rings is 1. The van der Waals surface area contributed by atoms with Crippen molar-refractivity contribution in [2.75, 3.05) is 44.2 Å². The van der Waals surface area contributed by atoms with E-state index in [1.807, 2.05) is 23.1 Å². The second-order valence-corrected chi connectivity index (χ2v) is 7.30. The SMILES string of the molecule is CC(c1ccc(C(=O)N2CCN(c3ncccn3)CC2)o1)N1CCCCC1. The van der Waals surface area contributed by atoms with E-state index in [4.69, 9.17) is 4.42 Å². The summed E-state index contributed by atoms with van der Waals surface area (Å²) in [7, 11) is 0. The summed E-state index contributed by atoms with van der Waals surface area (Å²) in [5.41, 5.74) is 0. The topological polar surface area (TPSA) is 65.7 Å². The molecule has 1 atom stereocenters. The smallest absolute Gasteiger partial charge is 0.289 e. The predicted molar refractivity (Wildman–Crippen MR) is 103 cm³/mol. The molecule has 7 heteroatoms. The van der Waals surface area contributed by atoms with Gasteiger partial charge in [-0.2, -0.15) is 0 Å². The number of rotatable bonds is 4. The monoisotopic (exact) mass is 369 g/mol. The molecule has 2 aromatic rings. The third-order valence-electron chi connectivity index (χ3n) is 5.59. The highest BCUT2D eigenvalue weighted by molar-refractivity contribution is 5.91. The minimum Gasteiger partial charge on any atom is -0.454 e. The number of aromatic nitrogens is 2. The van der Waals surface area contributed by atoms with Crippen molar-refractivity contribution in [3.63, 3.8) is 0 Å². The zero-order valence-electron chi connectivity index (χ0n) is 15.9. The standard InChI is InChI=1S/C20H27N5O2/c1-16(23-10-3-2-4-11-23)17-6-7-18(27-17)19(26)24-12-14-25(15-13-24)20-21-8-5-9-22-20/h5-9,16H,2-4,10-15H2,1H3. The van der Waals surface area contributed by atoms with Crippen LogP contribution >= 0.6 is 0 Å². The zero-order chi connectivity index (χ0) is 18.6. The molecule has 0 N–H and O–H groups in total. The van der Waals surface area contributed by atoms with E-state index in [2.05, 4.69) is 26.7 Å². The van der Waals surface area contributed by atoms with Crippen LogP contribution in [0.2, 0.25) is 0 Å². The molecule has 2 aliphatic heterocycles. The number of hydrogen-bond donors (Lipinski definition) is 0. The largest absolute Gasteiger partial charge is 0.454 e. The average Bonchev–Trinajstić information content (AvgIpc) is 3.24. The van der Waals surface area contributed by atoms with Gasteiger partial charge in [0.2, 0.25) is 5.95 Å². The molecule has 1 unspecified atom stereocenters. The molecule has 144 valence electrons. The lowest BCUT2D eigenvalue weighted by atomic mass is 10.1. The van der Waals surface area contributed by atoms with Gasteiger partial charge in [0.1, 0.15) is 5.76 Å². The Morgan fingerprint density at radius 3 is 2.41 bits per heavy atom. The van der Waals surface area contributed by atoms with Gasteiger partial charge >= 0.3 is 0 Å². The summed E-state index contributed by atoms with van der Waals surface area (Å²) in [5, 5.41) is 0. The van der Waals surface area contributed by atoms with Gasteiger partial charge < -0.3 is 14.2 Å². The van der Waals surface area contributed by atoms with Crippen LogP contribution in [0.3, 0.4) is 0 Å². The number of amides is 1. The van der Waals surface area contributed by atoms with E-state index in [1.165, 1.54) is 19.3 Å². The fourth-order valence-corrected chi connectivity index (χ4v) is 3.90. The van der Waals surface area contributed by atoms with Crippen molar-refractivity contribution in [1.82, 2.24) is 19.8 Å². The van der Waals surface area contributed by atoms with E-state index in [1.54, 1.807) is 12.4 Å². The molecule has 2 aromatic heterocycles. The van der Waals surface area contributed by atoms with Crippen molar-refractivity contribution < 1.29 is 9.21 Å². The second kappa shape index (κ2) is 8.08. The van der Waals surface area contributed by atoms with Crippen molar-refractivity contribution >= 4 is 11.9 Å². The number of furan rings is 1. The van der Waals surface area contributed by atoms with Crippen LogP contribution in [-0.2, 0) is 0 Å². The van der Waals surface area contributed by atoms with Gasteiger partial charge in [-0.3, -0.25) is 9.69 Å². The highest BCUT2D eigenvalue weighted by Gasteiger charge is 2.27. The highest BCUT2D eigenvalue weighted by atomic mass is 16.4. The lowest BCUT2D eigenvalue weighted by Crippen LogP contribution is -2.49. The molecular formula is C20H27N5O2. The van der Waals surface area contributed by atoms with Crippen LogP contribution in [0.5, 0.6) is 0 Å². The molecule has 4 rings (SSSR count). The minimum absolute atomic E-state index is 0.0271. The number of carbonyl (C=O) groups is 1. The summed E-state index contributed by atoms with van der Waals surface area (Å²) in [6, 6.07) is 5.81. The summed E-state index contributed by atoms with van der Waals surface area (Å²) < 4.78 is 5.95. The Morgan fingerprint density at radius 1 is 1.00 bits per heavy atom. The number of nitrogens with zero attached hydrogens (tertiary/aromatic N) is 5. The molecule has 2 aliphatic rings. The number of likely N-dealkylation sites (tertiary alicyclic amines) is 1. The van der Waals surface area contributed by atoms with Gasteiger partial charge in [-0.25, -0.2) is 9.97 Å². The first-order chi connectivity index (χ1) is 13.2. The summed E-state index contributed by atoms with van der Waals surface area (Å²) in [5.74, 6) is 2.02. The fraction of sp³-hybridized carbons (Fsp3) is 0.550. The first kappa shape index (κ1) is 18.0. The van der Waals surface area contributed by atoms with Crippen LogP contribution in [-0.4, -0.2) is 64.9 Å². The van der Waals surface area contributed by atoms with Crippen LogP contribution in [0.15, 0.2) is 35.0 Å². The molecule has 0 bridgehead atoms. The molecule has 1 amide bonds. The molecule has 0 spiro atoms. The maximum atomic E-state index is 12.8. The second-order valence-electron chi connectivity index (χ2n) is 7.30. The Bertz CT molecular complexity index is 749. The van der Waals surface area contributed by atoms with Gasteiger partial charge in [0.15, 0.2) is 5.76 Å². The number of anilines is 1. The van der Waals surface area contributed by atoms with Crippen molar-refractivity contribution in [3.8, 4) is 0 Å². The summed E-state index contributed by atoms with van der Waals surface area (Å²) in [6.07, 6.45) is 7.28. The van der Waals surface area contributed by atoms with Crippen LogP contribution in [0, 0.1) is 0 Å². The Hall–Kier alpha value is -2.41. The van der Waals surface area contributed by atoms with E-state index in [-0.39, 0.29) is 11.9 Å². The van der Waals surface area contributed by atoms with Gasteiger partial charge in [-0.1, -0.05) is 6.42 Å². The molecule has 2 saturated heterocycles. The molecular weight excluding hydrogens is 342 g/mol. The quantitative estimate of drug-likeness (QED) is 0.825. The maximum absolute atomic E-state index is 12.8. The first-order valence-electron chi connectivity index (χ1n) is 9.87. The molecule has 0 aliphatic carbocycles. The molecule has 27 heavy (non-hydrogen) atoms. The van der Waals surface area contributed by atoms with Gasteiger partial charge in [-0.15, -0.1) is 0 Å². The number of piperidine rings is 1. The molecule has 0 radical (unpaired) electrons. The van der Waals surface area contributed by atoms with Crippen LogP contribution in [0.25, 0.3) is 0 Å². The summed E-state index contributed by atoms with van der Waals surface area (Å²) in [4.78, 5) is 27.8. The van der Waals surface area contributed by atoms with Crippen LogP contribution in [0.4, 0.5) is 5.95 Å². The predicted octanol–water partition coefficient (Wildman–Crippen LogP) is 2.58. The third-order valence-corrected chi connectivity index (χ3v) is 5.59. The lowest BCUT2D eigenvalue weighted by Gasteiger charge is -2.34. The lowest BCUT2D eigenvalue weighted by molar-refractivity contribution is 0.0706. The first-order valence-corrected chi connectivity index (χ1v) is 9.87. The minimum atomic E-state index is -0.0271. The van der Waals surface area contributed by atoms with Gasteiger partial charge in [0.05, 0.1) is 6.04 Å². The molecule has 7 nitrogen and oxygen atoms in total. The molecule has 4 heterocycles. The van der Waals surface area contributed by atoms with Gasteiger partial charge in [0, 0.05) is 38.6 Å². The molecule has 0 aromatic carbocycles. The van der Waals surface area contributed by atoms with E-state index in [0.29, 0.717) is 18.8 Å².